The van der Waals surface area contributed by atoms with E-state index in [1.165, 1.54) is 23.1 Å². The molecule has 140 valence electrons. The SMILES string of the molecule is O=C(CCl)Nc1ccc2nc(SCC(=O)Nc3nc(O)cc(=O)[nH]3)sc2c1. The lowest BCUT2D eigenvalue weighted by molar-refractivity contribution is -0.114. The lowest BCUT2D eigenvalue weighted by Crippen LogP contribution is -2.19. The summed E-state index contributed by atoms with van der Waals surface area (Å²) < 4.78 is 1.52. The summed E-state index contributed by atoms with van der Waals surface area (Å²) in [5, 5.41) is 14.3. The number of hydrogen-bond donors (Lipinski definition) is 4. The van der Waals surface area contributed by atoms with Crippen LogP contribution in [0.5, 0.6) is 5.88 Å². The Morgan fingerprint density at radius 2 is 2.04 bits per heavy atom. The van der Waals surface area contributed by atoms with Gasteiger partial charge in [-0.05, 0) is 18.2 Å². The number of H-pyrrole nitrogens is 1. The van der Waals surface area contributed by atoms with Crippen LogP contribution in [0.25, 0.3) is 10.2 Å². The van der Waals surface area contributed by atoms with Gasteiger partial charge in [-0.3, -0.25) is 24.7 Å². The van der Waals surface area contributed by atoms with Crippen molar-refractivity contribution < 1.29 is 14.7 Å². The molecular weight excluding hydrogens is 414 g/mol. The lowest BCUT2D eigenvalue weighted by Gasteiger charge is -2.02. The molecule has 2 aromatic heterocycles. The fourth-order valence-corrected chi connectivity index (χ4v) is 4.01. The minimum atomic E-state index is -0.575. The average Bonchev–Trinajstić information content (AvgIpc) is 3.01. The zero-order valence-electron chi connectivity index (χ0n) is 13.5. The van der Waals surface area contributed by atoms with Gasteiger partial charge in [0.15, 0.2) is 4.34 Å². The van der Waals surface area contributed by atoms with Crippen molar-refractivity contribution in [3.05, 3.63) is 34.6 Å². The van der Waals surface area contributed by atoms with Crippen molar-refractivity contribution in [1.82, 2.24) is 15.0 Å². The second kappa shape index (κ2) is 8.37. The highest BCUT2D eigenvalue weighted by Crippen LogP contribution is 2.31. The second-order valence-corrected chi connectivity index (χ2v) is 7.65. The Kier molecular flexibility index (Phi) is 5.94. The van der Waals surface area contributed by atoms with Gasteiger partial charge in [0.1, 0.15) is 5.88 Å². The highest BCUT2D eigenvalue weighted by Gasteiger charge is 2.11. The van der Waals surface area contributed by atoms with E-state index in [1.807, 2.05) is 0 Å². The smallest absolute Gasteiger partial charge is 0.256 e. The zero-order valence-corrected chi connectivity index (χ0v) is 15.9. The Bertz CT molecular complexity index is 1070. The molecule has 2 heterocycles. The summed E-state index contributed by atoms with van der Waals surface area (Å²) in [5.74, 6) is -1.42. The highest BCUT2D eigenvalue weighted by atomic mass is 35.5. The van der Waals surface area contributed by atoms with E-state index in [9.17, 15) is 19.5 Å². The van der Waals surface area contributed by atoms with Crippen LogP contribution in [0.2, 0.25) is 0 Å². The van der Waals surface area contributed by atoms with Crippen LogP contribution in [-0.4, -0.2) is 43.5 Å². The molecule has 0 aliphatic carbocycles. The molecule has 0 saturated heterocycles. The van der Waals surface area contributed by atoms with Crippen LogP contribution in [0, 0.1) is 0 Å². The Labute approximate surface area is 165 Å². The molecule has 0 aliphatic rings. The summed E-state index contributed by atoms with van der Waals surface area (Å²) >= 11 is 8.05. The van der Waals surface area contributed by atoms with E-state index in [1.54, 1.807) is 18.2 Å². The fourth-order valence-electron chi connectivity index (χ4n) is 2.04. The largest absolute Gasteiger partial charge is 0.493 e. The summed E-state index contributed by atoms with van der Waals surface area (Å²) in [6, 6.07) is 6.16. The maximum Gasteiger partial charge on any atom is 0.256 e. The van der Waals surface area contributed by atoms with E-state index < -0.39 is 17.3 Å². The Morgan fingerprint density at radius 3 is 2.78 bits per heavy atom. The van der Waals surface area contributed by atoms with E-state index in [0.29, 0.717) is 10.0 Å². The molecule has 9 nitrogen and oxygen atoms in total. The average molecular weight is 426 g/mol. The molecule has 2 amide bonds. The molecule has 0 unspecified atom stereocenters. The minimum Gasteiger partial charge on any atom is -0.493 e. The van der Waals surface area contributed by atoms with E-state index in [0.717, 1.165) is 16.3 Å². The summed E-state index contributed by atoms with van der Waals surface area (Å²) in [6.07, 6.45) is 0. The highest BCUT2D eigenvalue weighted by molar-refractivity contribution is 8.01. The van der Waals surface area contributed by atoms with Crippen molar-refractivity contribution in [2.75, 3.05) is 22.3 Å². The van der Waals surface area contributed by atoms with Crippen LogP contribution in [0.15, 0.2) is 33.4 Å². The number of anilines is 2. The standard InChI is InChI=1S/C15H12ClN5O4S2/c16-5-12(24)17-7-1-2-8-9(3-7)27-15(18-8)26-6-13(25)21-14-19-10(22)4-11(23)20-14/h1-4H,5-6H2,(H,17,24)(H3,19,20,21,22,23,25). The van der Waals surface area contributed by atoms with Gasteiger partial charge in [0.2, 0.25) is 23.6 Å². The number of halogens is 1. The van der Waals surface area contributed by atoms with Crippen LogP contribution in [0.4, 0.5) is 11.6 Å². The van der Waals surface area contributed by atoms with E-state index in [2.05, 4.69) is 25.6 Å². The lowest BCUT2D eigenvalue weighted by atomic mass is 10.3. The Morgan fingerprint density at radius 1 is 1.22 bits per heavy atom. The van der Waals surface area contributed by atoms with Crippen molar-refractivity contribution in [2.24, 2.45) is 0 Å². The van der Waals surface area contributed by atoms with Gasteiger partial charge in [0.25, 0.3) is 5.56 Å². The molecule has 0 saturated carbocycles. The van der Waals surface area contributed by atoms with Crippen molar-refractivity contribution in [2.45, 2.75) is 4.34 Å². The van der Waals surface area contributed by atoms with Crippen LogP contribution in [0.3, 0.4) is 0 Å². The van der Waals surface area contributed by atoms with Gasteiger partial charge in [-0.1, -0.05) is 11.8 Å². The summed E-state index contributed by atoms with van der Waals surface area (Å²) in [4.78, 5) is 44.9. The fraction of sp³-hybridized carbons (Fsp3) is 0.133. The van der Waals surface area contributed by atoms with Gasteiger partial charge < -0.3 is 10.4 Å². The van der Waals surface area contributed by atoms with Gasteiger partial charge in [0, 0.05) is 5.69 Å². The van der Waals surface area contributed by atoms with Gasteiger partial charge in [-0.15, -0.1) is 22.9 Å². The normalized spacial score (nSPS) is 10.7. The first kappa shape index (κ1) is 19.1. The Hall–Kier alpha value is -2.63. The van der Waals surface area contributed by atoms with E-state index in [4.69, 9.17) is 11.6 Å². The molecule has 3 rings (SSSR count). The quantitative estimate of drug-likeness (QED) is 0.350. The van der Waals surface area contributed by atoms with Crippen molar-refractivity contribution in [3.63, 3.8) is 0 Å². The molecule has 12 heteroatoms. The predicted molar refractivity (Wildman–Crippen MR) is 105 cm³/mol. The molecule has 1 aromatic carbocycles. The minimum absolute atomic E-state index is 0.0367. The maximum atomic E-state index is 12.0. The van der Waals surface area contributed by atoms with Gasteiger partial charge in [-0.2, -0.15) is 4.98 Å². The second-order valence-electron chi connectivity index (χ2n) is 5.13. The first-order valence-corrected chi connectivity index (χ1v) is 9.76. The number of rotatable bonds is 6. The number of nitrogens with one attached hydrogen (secondary N) is 3. The molecule has 3 aromatic rings. The van der Waals surface area contributed by atoms with Crippen LogP contribution < -0.4 is 16.2 Å². The molecule has 0 aliphatic heterocycles. The maximum absolute atomic E-state index is 12.0. The Balaban J connectivity index is 1.63. The first-order valence-electron chi connectivity index (χ1n) is 7.42. The molecule has 0 bridgehead atoms. The number of aromatic hydroxyl groups is 1. The molecule has 0 fully saturated rings. The molecular formula is C15H12ClN5O4S2. The number of aromatic amines is 1. The third kappa shape index (κ3) is 5.18. The van der Waals surface area contributed by atoms with Crippen LogP contribution >= 0.6 is 34.7 Å². The molecule has 27 heavy (non-hydrogen) atoms. The number of thiazole rings is 1. The van der Waals surface area contributed by atoms with E-state index in [-0.39, 0.29) is 23.5 Å². The van der Waals surface area contributed by atoms with Crippen molar-refractivity contribution >= 4 is 68.4 Å². The number of carbonyl (C=O) groups excluding carboxylic acids is 2. The number of aromatic nitrogens is 3. The number of fused-ring (bicyclic) bond motifs is 1. The van der Waals surface area contributed by atoms with Crippen molar-refractivity contribution in [3.8, 4) is 5.88 Å². The van der Waals surface area contributed by atoms with Gasteiger partial charge in [0.05, 0.1) is 22.0 Å². The number of nitrogens with zero attached hydrogens (tertiary/aromatic N) is 2. The number of carbonyl (C=O) groups is 2. The molecule has 4 N–H and O–H groups in total. The number of alkyl halides is 1. The number of amides is 2. The van der Waals surface area contributed by atoms with Gasteiger partial charge >= 0.3 is 0 Å². The zero-order chi connectivity index (χ0) is 19.4. The molecule has 0 spiro atoms. The molecule has 0 radical (unpaired) electrons. The first-order chi connectivity index (χ1) is 12.9. The summed E-state index contributed by atoms with van der Waals surface area (Å²) in [5.41, 5.74) is 0.782. The third-order valence-corrected chi connectivity index (χ3v) is 5.49. The summed E-state index contributed by atoms with van der Waals surface area (Å²) in [6.45, 7) is 0. The van der Waals surface area contributed by atoms with Gasteiger partial charge in [-0.25, -0.2) is 4.98 Å². The topological polar surface area (TPSA) is 137 Å². The number of benzene rings is 1. The molecule has 0 atom stereocenters. The van der Waals surface area contributed by atoms with E-state index >= 15 is 0 Å². The third-order valence-electron chi connectivity index (χ3n) is 3.09. The summed E-state index contributed by atoms with van der Waals surface area (Å²) in [7, 11) is 0. The predicted octanol–water partition coefficient (Wildman–Crippen LogP) is 1.99. The number of thioether (sulfide) groups is 1. The van der Waals surface area contributed by atoms with Crippen LogP contribution in [0.1, 0.15) is 0 Å². The number of hydrogen-bond acceptors (Lipinski definition) is 8. The van der Waals surface area contributed by atoms with Crippen molar-refractivity contribution in [1.29, 1.82) is 0 Å². The van der Waals surface area contributed by atoms with Crippen LogP contribution in [-0.2, 0) is 9.59 Å². The monoisotopic (exact) mass is 425 g/mol.